The summed E-state index contributed by atoms with van der Waals surface area (Å²) in [7, 11) is -4.11. The molecule has 6 heteroatoms. The maximum Gasteiger partial charge on any atom is 0.339 e. The fourth-order valence-electron chi connectivity index (χ4n) is 3.47. The number of benzene rings is 2. The maximum absolute atomic E-state index is 13.0. The van der Waals surface area contributed by atoms with Gasteiger partial charge < -0.3 is 14.0 Å². The Balaban J connectivity index is 2.15. The number of aromatic hydroxyl groups is 1. The number of fused-ring (bicyclic) bond motifs is 1. The number of aryl methyl sites for hydroxylation is 1. The lowest BCUT2D eigenvalue weighted by atomic mass is 9.94. The van der Waals surface area contributed by atoms with Crippen LogP contribution in [0, 0.1) is 27.7 Å². The largest absolute Gasteiger partial charge is 0.504 e. The van der Waals surface area contributed by atoms with Crippen molar-refractivity contribution in [1.29, 1.82) is 0 Å². The van der Waals surface area contributed by atoms with Crippen molar-refractivity contribution in [2.75, 3.05) is 0 Å². The van der Waals surface area contributed by atoms with Gasteiger partial charge in [-0.3, -0.25) is 0 Å². The van der Waals surface area contributed by atoms with Gasteiger partial charge >= 0.3 is 10.1 Å². The molecule has 0 spiro atoms. The van der Waals surface area contributed by atoms with Crippen LogP contribution in [0.25, 0.3) is 0 Å². The van der Waals surface area contributed by atoms with E-state index in [2.05, 4.69) is 0 Å². The van der Waals surface area contributed by atoms with E-state index in [1.165, 1.54) is 12.1 Å². The SMILES string of the molecule is Cc1ccc(O)c(OS(=O)(=O)c2c(C)c(C)c3c(c2C)CC(C)(C)O3)c1. The van der Waals surface area contributed by atoms with E-state index in [4.69, 9.17) is 8.92 Å². The summed E-state index contributed by atoms with van der Waals surface area (Å²) in [5.74, 6) is 0.484. The van der Waals surface area contributed by atoms with Crippen LogP contribution in [0.15, 0.2) is 23.1 Å². The first-order chi connectivity index (χ1) is 11.9. The van der Waals surface area contributed by atoms with Crippen molar-refractivity contribution in [3.05, 3.63) is 46.0 Å². The summed E-state index contributed by atoms with van der Waals surface area (Å²) in [5.41, 5.74) is 3.36. The third kappa shape index (κ3) is 3.03. The summed E-state index contributed by atoms with van der Waals surface area (Å²) in [5, 5.41) is 9.95. The minimum absolute atomic E-state index is 0.0708. The minimum atomic E-state index is -4.11. The molecule has 1 N–H and O–H groups in total. The summed E-state index contributed by atoms with van der Waals surface area (Å²) in [4.78, 5) is 0.149. The molecule has 0 atom stereocenters. The average molecular weight is 376 g/mol. The van der Waals surface area contributed by atoms with Gasteiger partial charge in [-0.1, -0.05) is 6.07 Å². The molecule has 0 radical (unpaired) electrons. The van der Waals surface area contributed by atoms with Crippen LogP contribution in [0.5, 0.6) is 17.2 Å². The molecule has 1 heterocycles. The van der Waals surface area contributed by atoms with Crippen molar-refractivity contribution in [3.63, 3.8) is 0 Å². The van der Waals surface area contributed by atoms with Crippen LogP contribution in [0.1, 0.15) is 41.7 Å². The topological polar surface area (TPSA) is 72.8 Å². The Morgan fingerprint density at radius 3 is 2.38 bits per heavy atom. The van der Waals surface area contributed by atoms with Gasteiger partial charge in [-0.15, -0.1) is 0 Å². The molecule has 0 amide bonds. The normalized spacial score (nSPS) is 15.5. The van der Waals surface area contributed by atoms with E-state index in [0.29, 0.717) is 17.5 Å². The number of hydrogen-bond donors (Lipinski definition) is 1. The van der Waals surface area contributed by atoms with Gasteiger partial charge in [0.15, 0.2) is 11.5 Å². The van der Waals surface area contributed by atoms with Crippen LogP contribution in [0.3, 0.4) is 0 Å². The smallest absolute Gasteiger partial charge is 0.339 e. The summed E-state index contributed by atoms with van der Waals surface area (Å²) >= 11 is 0. The molecule has 1 aliphatic heterocycles. The molecule has 0 unspecified atom stereocenters. The van der Waals surface area contributed by atoms with Crippen LogP contribution in [-0.2, 0) is 16.5 Å². The van der Waals surface area contributed by atoms with Crippen molar-refractivity contribution in [2.45, 2.75) is 58.5 Å². The molecule has 2 aromatic carbocycles. The van der Waals surface area contributed by atoms with E-state index in [9.17, 15) is 13.5 Å². The van der Waals surface area contributed by atoms with E-state index >= 15 is 0 Å². The zero-order valence-electron chi connectivity index (χ0n) is 15.9. The highest BCUT2D eigenvalue weighted by atomic mass is 32.2. The second kappa shape index (κ2) is 5.91. The van der Waals surface area contributed by atoms with E-state index in [1.54, 1.807) is 26.8 Å². The Hall–Kier alpha value is -2.21. The fourth-order valence-corrected chi connectivity index (χ4v) is 4.95. The zero-order chi connectivity index (χ0) is 19.4. The van der Waals surface area contributed by atoms with E-state index in [-0.39, 0.29) is 22.0 Å². The molecule has 5 nitrogen and oxygen atoms in total. The second-order valence-electron chi connectivity index (χ2n) is 7.56. The molecule has 3 rings (SSSR count). The van der Waals surface area contributed by atoms with Gasteiger partial charge in [-0.2, -0.15) is 8.42 Å². The number of rotatable bonds is 3. The van der Waals surface area contributed by atoms with Crippen molar-refractivity contribution in [2.24, 2.45) is 0 Å². The molecular weight excluding hydrogens is 352 g/mol. The lowest BCUT2D eigenvalue weighted by Gasteiger charge is -2.19. The van der Waals surface area contributed by atoms with Gasteiger partial charge in [0.2, 0.25) is 0 Å². The average Bonchev–Trinajstić information content (AvgIpc) is 2.84. The van der Waals surface area contributed by atoms with Gasteiger partial charge in [0.1, 0.15) is 16.2 Å². The maximum atomic E-state index is 13.0. The lowest BCUT2D eigenvalue weighted by Crippen LogP contribution is -2.24. The molecule has 0 aromatic heterocycles. The van der Waals surface area contributed by atoms with Crippen molar-refractivity contribution in [3.8, 4) is 17.2 Å². The highest BCUT2D eigenvalue weighted by molar-refractivity contribution is 7.87. The number of hydrogen-bond acceptors (Lipinski definition) is 5. The van der Waals surface area contributed by atoms with E-state index in [0.717, 1.165) is 22.4 Å². The number of phenolic OH excluding ortho intramolecular Hbond substituents is 1. The molecule has 26 heavy (non-hydrogen) atoms. The quantitative estimate of drug-likeness (QED) is 0.816. The highest BCUT2D eigenvalue weighted by Crippen LogP contribution is 2.44. The third-order valence-electron chi connectivity index (χ3n) is 4.86. The van der Waals surface area contributed by atoms with Crippen molar-refractivity contribution >= 4 is 10.1 Å². The molecule has 0 aliphatic carbocycles. The van der Waals surface area contributed by atoms with Gasteiger partial charge in [-0.25, -0.2) is 0 Å². The van der Waals surface area contributed by atoms with Gasteiger partial charge in [0.05, 0.1) is 0 Å². The molecule has 140 valence electrons. The van der Waals surface area contributed by atoms with Crippen LogP contribution >= 0.6 is 0 Å². The van der Waals surface area contributed by atoms with Gasteiger partial charge in [0, 0.05) is 12.0 Å². The Morgan fingerprint density at radius 2 is 1.73 bits per heavy atom. The second-order valence-corrected chi connectivity index (χ2v) is 9.04. The zero-order valence-corrected chi connectivity index (χ0v) is 16.7. The minimum Gasteiger partial charge on any atom is -0.504 e. The molecule has 2 aromatic rings. The standard InChI is InChI=1S/C20H24O5S/c1-11-7-8-16(21)17(9-11)25-26(22,23)19-13(3)12(2)18-15(14(19)4)10-20(5,6)24-18/h7-9,21H,10H2,1-6H3. The number of phenols is 1. The Labute approximate surface area is 154 Å². The molecule has 0 saturated carbocycles. The fraction of sp³-hybridized carbons (Fsp3) is 0.400. The lowest BCUT2D eigenvalue weighted by molar-refractivity contribution is 0.137. The van der Waals surface area contributed by atoms with Gasteiger partial charge in [-0.05, 0) is 75.9 Å². The third-order valence-corrected chi connectivity index (χ3v) is 6.37. The summed E-state index contributed by atoms with van der Waals surface area (Å²) < 4.78 is 37.4. The predicted molar refractivity (Wildman–Crippen MR) is 99.7 cm³/mol. The molecule has 0 bridgehead atoms. The van der Waals surface area contributed by atoms with Crippen LogP contribution < -0.4 is 8.92 Å². The van der Waals surface area contributed by atoms with Crippen molar-refractivity contribution < 1.29 is 22.4 Å². The van der Waals surface area contributed by atoms with E-state index in [1.807, 2.05) is 20.8 Å². The van der Waals surface area contributed by atoms with Crippen LogP contribution in [-0.4, -0.2) is 19.1 Å². The highest BCUT2D eigenvalue weighted by Gasteiger charge is 2.37. The number of ether oxygens (including phenoxy) is 1. The Morgan fingerprint density at radius 1 is 1.08 bits per heavy atom. The first kappa shape index (κ1) is 18.6. The molecular formula is C20H24O5S. The summed E-state index contributed by atoms with van der Waals surface area (Å²) in [6.45, 7) is 11.2. The van der Waals surface area contributed by atoms with Crippen molar-refractivity contribution in [1.82, 2.24) is 0 Å². The predicted octanol–water partition coefficient (Wildman–Crippen LogP) is 4.11. The monoisotopic (exact) mass is 376 g/mol. The molecule has 0 fully saturated rings. The first-order valence-corrected chi connectivity index (χ1v) is 9.89. The summed E-state index contributed by atoms with van der Waals surface area (Å²) in [6.07, 6.45) is 0.632. The Bertz CT molecular complexity index is 1000. The molecule has 0 saturated heterocycles. The van der Waals surface area contributed by atoms with Crippen LogP contribution in [0.4, 0.5) is 0 Å². The molecule has 1 aliphatic rings. The first-order valence-electron chi connectivity index (χ1n) is 8.49. The van der Waals surface area contributed by atoms with Gasteiger partial charge in [0.25, 0.3) is 0 Å². The summed E-state index contributed by atoms with van der Waals surface area (Å²) in [6, 6.07) is 4.61. The Kier molecular flexibility index (Phi) is 4.22. The van der Waals surface area contributed by atoms with Crippen LogP contribution in [0.2, 0.25) is 0 Å². The van der Waals surface area contributed by atoms with E-state index < -0.39 is 10.1 Å².